The number of para-hydroxylation sites is 1. The number of aryl methyl sites for hydroxylation is 3. The molecule has 0 radical (unpaired) electrons. The summed E-state index contributed by atoms with van der Waals surface area (Å²) < 4.78 is 2.18. The lowest BCUT2D eigenvalue weighted by Gasteiger charge is -2.14. The highest BCUT2D eigenvalue weighted by Crippen LogP contribution is 2.16. The maximum absolute atomic E-state index is 12.3. The van der Waals surface area contributed by atoms with E-state index >= 15 is 0 Å². The van der Waals surface area contributed by atoms with Gasteiger partial charge in [-0.2, -0.15) is 0 Å². The van der Waals surface area contributed by atoms with Gasteiger partial charge in [-0.3, -0.25) is 0 Å². The van der Waals surface area contributed by atoms with E-state index in [2.05, 4.69) is 60.4 Å². The molecule has 2 aromatic carbocycles. The third-order valence-electron chi connectivity index (χ3n) is 4.85. The average Bonchev–Trinajstić information content (AvgIpc) is 3.10. The Kier molecular flexibility index (Phi) is 5.97. The summed E-state index contributed by atoms with van der Waals surface area (Å²) in [6.07, 6.45) is 2.94. The minimum absolute atomic E-state index is 0.185. The minimum atomic E-state index is -0.185. The Bertz CT molecular complexity index is 927. The van der Waals surface area contributed by atoms with Crippen molar-refractivity contribution < 1.29 is 4.79 Å². The molecule has 0 spiro atoms. The van der Waals surface area contributed by atoms with Crippen LogP contribution in [0.15, 0.2) is 60.8 Å². The molecule has 0 fully saturated rings. The molecule has 0 saturated carbocycles. The van der Waals surface area contributed by atoms with E-state index in [9.17, 15) is 4.79 Å². The van der Waals surface area contributed by atoms with Crippen LogP contribution < -0.4 is 10.6 Å². The van der Waals surface area contributed by atoms with Gasteiger partial charge in [-0.15, -0.1) is 0 Å². The molecule has 3 rings (SSSR count). The van der Waals surface area contributed by atoms with E-state index in [1.54, 1.807) is 0 Å². The first-order valence-corrected chi connectivity index (χ1v) is 9.39. The van der Waals surface area contributed by atoms with Crippen LogP contribution in [0.4, 0.5) is 10.5 Å². The maximum atomic E-state index is 12.3. The number of benzene rings is 2. The van der Waals surface area contributed by atoms with Crippen LogP contribution in [-0.4, -0.2) is 10.6 Å². The van der Waals surface area contributed by atoms with Gasteiger partial charge in [-0.25, -0.2) is 4.79 Å². The zero-order valence-electron chi connectivity index (χ0n) is 16.3. The van der Waals surface area contributed by atoms with Crippen molar-refractivity contribution in [1.82, 2.24) is 9.88 Å². The van der Waals surface area contributed by atoms with Gasteiger partial charge >= 0.3 is 6.03 Å². The van der Waals surface area contributed by atoms with Crippen molar-refractivity contribution in [3.63, 3.8) is 0 Å². The highest BCUT2D eigenvalue weighted by atomic mass is 16.2. The van der Waals surface area contributed by atoms with Gasteiger partial charge in [0.05, 0.1) is 6.54 Å². The number of hydrogen-bond acceptors (Lipinski definition) is 1. The predicted octanol–water partition coefficient (Wildman–Crippen LogP) is 5.04. The van der Waals surface area contributed by atoms with E-state index in [1.807, 2.05) is 36.4 Å². The third-order valence-corrected chi connectivity index (χ3v) is 4.85. The van der Waals surface area contributed by atoms with Gasteiger partial charge in [0.1, 0.15) is 0 Å². The summed E-state index contributed by atoms with van der Waals surface area (Å²) in [6, 6.07) is 18.3. The Labute approximate surface area is 161 Å². The third kappa shape index (κ3) is 4.79. The fourth-order valence-corrected chi connectivity index (χ4v) is 3.21. The van der Waals surface area contributed by atoms with E-state index in [4.69, 9.17) is 0 Å². The van der Waals surface area contributed by atoms with Crippen LogP contribution in [-0.2, 0) is 19.5 Å². The number of urea groups is 1. The van der Waals surface area contributed by atoms with Crippen molar-refractivity contribution in [2.75, 3.05) is 5.32 Å². The molecule has 0 aliphatic heterocycles. The Morgan fingerprint density at radius 3 is 2.63 bits per heavy atom. The van der Waals surface area contributed by atoms with E-state index < -0.39 is 0 Å². The smallest absolute Gasteiger partial charge is 0.319 e. The SMILES string of the molecule is CCc1ccccc1NC(=O)NCc1cccn1Cc1cc(C)ccc1C. The van der Waals surface area contributed by atoms with Gasteiger partial charge in [0, 0.05) is 24.1 Å². The number of rotatable bonds is 6. The van der Waals surface area contributed by atoms with Gasteiger partial charge in [0.25, 0.3) is 0 Å². The Hall–Kier alpha value is -3.01. The Morgan fingerprint density at radius 2 is 1.81 bits per heavy atom. The number of carbonyl (C=O) groups excluding carboxylic acids is 1. The Morgan fingerprint density at radius 1 is 1.00 bits per heavy atom. The van der Waals surface area contributed by atoms with Gasteiger partial charge in [0.15, 0.2) is 0 Å². The molecule has 0 unspecified atom stereocenters. The molecule has 4 heteroatoms. The second-order valence-electron chi connectivity index (χ2n) is 6.88. The molecule has 0 aliphatic carbocycles. The summed E-state index contributed by atoms with van der Waals surface area (Å²) in [5, 5.41) is 5.92. The van der Waals surface area contributed by atoms with Gasteiger partial charge in [0.2, 0.25) is 0 Å². The quantitative estimate of drug-likeness (QED) is 0.635. The topological polar surface area (TPSA) is 46.1 Å². The monoisotopic (exact) mass is 361 g/mol. The van der Waals surface area contributed by atoms with E-state index in [0.29, 0.717) is 6.54 Å². The number of anilines is 1. The fourth-order valence-electron chi connectivity index (χ4n) is 3.21. The number of carbonyl (C=O) groups is 1. The molecule has 0 atom stereocenters. The maximum Gasteiger partial charge on any atom is 0.319 e. The second kappa shape index (κ2) is 8.58. The lowest BCUT2D eigenvalue weighted by atomic mass is 10.1. The minimum Gasteiger partial charge on any atom is -0.345 e. The van der Waals surface area contributed by atoms with Gasteiger partial charge in [-0.05, 0) is 55.2 Å². The van der Waals surface area contributed by atoms with E-state index in [-0.39, 0.29) is 6.03 Å². The zero-order valence-corrected chi connectivity index (χ0v) is 16.3. The first kappa shape index (κ1) is 18.8. The summed E-state index contributed by atoms with van der Waals surface area (Å²) in [6.45, 7) is 7.61. The molecule has 2 amide bonds. The average molecular weight is 361 g/mol. The molecule has 3 aromatic rings. The van der Waals surface area contributed by atoms with Crippen molar-refractivity contribution >= 4 is 11.7 Å². The summed E-state index contributed by atoms with van der Waals surface area (Å²) in [7, 11) is 0. The molecule has 2 N–H and O–H groups in total. The van der Waals surface area contributed by atoms with Crippen LogP contribution in [0.1, 0.15) is 34.9 Å². The van der Waals surface area contributed by atoms with Crippen molar-refractivity contribution in [3.8, 4) is 0 Å². The first-order chi connectivity index (χ1) is 13.1. The molecule has 4 nitrogen and oxygen atoms in total. The lowest BCUT2D eigenvalue weighted by Crippen LogP contribution is -2.29. The molecule has 0 saturated heterocycles. The number of aromatic nitrogens is 1. The van der Waals surface area contributed by atoms with Crippen molar-refractivity contribution in [2.24, 2.45) is 0 Å². The number of nitrogens with zero attached hydrogens (tertiary/aromatic N) is 1. The molecular weight excluding hydrogens is 334 g/mol. The molecule has 27 heavy (non-hydrogen) atoms. The molecule has 0 bridgehead atoms. The lowest BCUT2D eigenvalue weighted by molar-refractivity contribution is 0.251. The van der Waals surface area contributed by atoms with Crippen molar-refractivity contribution in [1.29, 1.82) is 0 Å². The molecule has 1 aromatic heterocycles. The normalized spacial score (nSPS) is 10.6. The number of nitrogens with one attached hydrogen (secondary N) is 2. The molecule has 0 aliphatic rings. The van der Waals surface area contributed by atoms with Crippen LogP contribution in [0, 0.1) is 13.8 Å². The van der Waals surface area contributed by atoms with Gasteiger partial charge < -0.3 is 15.2 Å². The van der Waals surface area contributed by atoms with Crippen LogP contribution in [0.5, 0.6) is 0 Å². The Balaban J connectivity index is 1.63. The largest absolute Gasteiger partial charge is 0.345 e. The van der Waals surface area contributed by atoms with Crippen molar-refractivity contribution in [3.05, 3.63) is 88.7 Å². The highest BCUT2D eigenvalue weighted by Gasteiger charge is 2.08. The zero-order chi connectivity index (χ0) is 19.2. The highest BCUT2D eigenvalue weighted by molar-refractivity contribution is 5.90. The van der Waals surface area contributed by atoms with E-state index in [0.717, 1.165) is 29.9 Å². The van der Waals surface area contributed by atoms with Gasteiger partial charge in [-0.1, -0.05) is 48.9 Å². The standard InChI is InChI=1S/C23H27N3O/c1-4-19-8-5-6-10-22(19)25-23(27)24-15-21-9-7-13-26(21)16-20-14-17(2)11-12-18(20)3/h5-14H,4,15-16H2,1-3H3,(H2,24,25,27). The second-order valence-corrected chi connectivity index (χ2v) is 6.88. The summed E-state index contributed by atoms with van der Waals surface area (Å²) in [5.41, 5.74) is 6.91. The first-order valence-electron chi connectivity index (χ1n) is 9.39. The van der Waals surface area contributed by atoms with Crippen LogP contribution >= 0.6 is 0 Å². The predicted molar refractivity (Wildman–Crippen MR) is 111 cm³/mol. The fraction of sp³-hybridized carbons (Fsp3) is 0.261. The van der Waals surface area contributed by atoms with Crippen LogP contribution in [0.3, 0.4) is 0 Å². The van der Waals surface area contributed by atoms with Crippen LogP contribution in [0.2, 0.25) is 0 Å². The number of amides is 2. The summed E-state index contributed by atoms with van der Waals surface area (Å²) in [4.78, 5) is 12.3. The van der Waals surface area contributed by atoms with E-state index in [1.165, 1.54) is 16.7 Å². The number of hydrogen-bond donors (Lipinski definition) is 2. The molecular formula is C23H27N3O. The molecule has 140 valence electrons. The summed E-state index contributed by atoms with van der Waals surface area (Å²) >= 11 is 0. The molecule has 1 heterocycles. The summed E-state index contributed by atoms with van der Waals surface area (Å²) in [5.74, 6) is 0. The van der Waals surface area contributed by atoms with Crippen molar-refractivity contribution in [2.45, 2.75) is 40.3 Å². The van der Waals surface area contributed by atoms with Crippen LogP contribution in [0.25, 0.3) is 0 Å².